The number of piperidine rings is 1. The fraction of sp³-hybridized carbons (Fsp3) is 0.526. The second-order valence-corrected chi connectivity index (χ2v) is 6.66. The molecule has 0 amide bonds. The summed E-state index contributed by atoms with van der Waals surface area (Å²) in [5, 5.41) is 7.99. The fourth-order valence-corrected chi connectivity index (χ4v) is 3.45. The van der Waals surface area contributed by atoms with Crippen molar-refractivity contribution in [1.82, 2.24) is 15.3 Å². The Morgan fingerprint density at radius 2 is 1.75 bits per heavy atom. The van der Waals surface area contributed by atoms with Crippen LogP contribution in [-0.2, 0) is 14.4 Å². The summed E-state index contributed by atoms with van der Waals surface area (Å²) >= 11 is 0. The van der Waals surface area contributed by atoms with Crippen LogP contribution in [0.25, 0.3) is 0 Å². The molecule has 0 aromatic heterocycles. The Bertz CT molecular complexity index is 642. The molecule has 2 fully saturated rings. The van der Waals surface area contributed by atoms with Crippen LogP contribution in [0, 0.1) is 0 Å². The van der Waals surface area contributed by atoms with Gasteiger partial charge in [0.2, 0.25) is 0 Å². The van der Waals surface area contributed by atoms with E-state index in [0.717, 1.165) is 31.9 Å². The summed E-state index contributed by atoms with van der Waals surface area (Å²) in [5.74, 6) is 1.35. The summed E-state index contributed by atoms with van der Waals surface area (Å²) < 4.78 is 0. The Hall–Kier alpha value is -1.60. The average Bonchev–Trinajstić information content (AvgIpc) is 2.69. The maximum absolute atomic E-state index is 12.1. The number of para-hydroxylation sites is 1. The summed E-state index contributed by atoms with van der Waals surface area (Å²) in [5.41, 5.74) is 0.920. The molecule has 0 atom stereocenters. The number of benzene rings is 1. The van der Waals surface area contributed by atoms with Gasteiger partial charge >= 0.3 is 5.97 Å². The lowest BCUT2D eigenvalue weighted by atomic mass is 10.0. The Kier molecular flexibility index (Phi) is 11.2. The lowest BCUT2D eigenvalue weighted by Gasteiger charge is -2.39. The second kappa shape index (κ2) is 12.8. The highest BCUT2D eigenvalue weighted by Crippen LogP contribution is 2.15. The highest BCUT2D eigenvalue weighted by atomic mass is 35.5. The van der Waals surface area contributed by atoms with Crippen LogP contribution in [0.4, 0.5) is 5.69 Å². The summed E-state index contributed by atoms with van der Waals surface area (Å²) in [6, 6.07) is 9.86. The van der Waals surface area contributed by atoms with Crippen molar-refractivity contribution in [3.05, 3.63) is 36.0 Å². The van der Waals surface area contributed by atoms with Crippen LogP contribution in [0.15, 0.2) is 36.0 Å². The van der Waals surface area contributed by atoms with Crippen molar-refractivity contribution >= 4 is 42.4 Å². The molecule has 3 rings (SSSR count). The van der Waals surface area contributed by atoms with E-state index >= 15 is 0 Å². The largest absolute Gasteiger partial charge is 0.367 e. The average molecular weight is 431 g/mol. The number of hydroxylamine groups is 2. The minimum Gasteiger partial charge on any atom is -0.367 e. The van der Waals surface area contributed by atoms with Gasteiger partial charge in [-0.2, -0.15) is 0 Å². The van der Waals surface area contributed by atoms with Crippen molar-refractivity contribution in [2.45, 2.75) is 25.3 Å². The van der Waals surface area contributed by atoms with Gasteiger partial charge in [-0.05, 0) is 38.1 Å². The molecule has 7 nitrogen and oxygen atoms in total. The topological polar surface area (TPSA) is 73.9 Å². The van der Waals surface area contributed by atoms with Crippen molar-refractivity contribution in [2.75, 3.05) is 44.6 Å². The third-order valence-electron chi connectivity index (χ3n) is 4.84. The molecule has 2 N–H and O–H groups in total. The van der Waals surface area contributed by atoms with Crippen molar-refractivity contribution in [3.63, 3.8) is 0 Å². The third-order valence-corrected chi connectivity index (χ3v) is 4.84. The highest BCUT2D eigenvalue weighted by molar-refractivity contribution is 5.85. The van der Waals surface area contributed by atoms with Gasteiger partial charge in [0.05, 0.1) is 6.42 Å². The number of hydrogen-bond acceptors (Lipinski definition) is 7. The van der Waals surface area contributed by atoms with E-state index < -0.39 is 5.97 Å². The smallest absolute Gasteiger partial charge is 0.331 e. The van der Waals surface area contributed by atoms with Crippen LogP contribution in [-0.4, -0.2) is 67.2 Å². The first kappa shape index (κ1) is 24.4. The number of nitrogens with zero attached hydrogens (tertiary/aromatic N) is 2. The van der Waals surface area contributed by atoms with Gasteiger partial charge in [-0.25, -0.2) is 9.59 Å². The molecule has 156 valence electrons. The normalized spacial score (nSPS) is 18.1. The number of anilines is 1. The number of piperazine rings is 1. The van der Waals surface area contributed by atoms with E-state index in [0.29, 0.717) is 19.1 Å². The lowest BCUT2D eigenvalue weighted by molar-refractivity contribution is -0.198. The molecule has 0 bridgehead atoms. The predicted octanol–water partition coefficient (Wildman–Crippen LogP) is 1.88. The number of carbonyl (C=O) groups is 1. The van der Waals surface area contributed by atoms with Gasteiger partial charge in [-0.3, -0.25) is 4.90 Å². The Labute approximate surface area is 178 Å². The minimum absolute atomic E-state index is 0. The molecule has 0 aliphatic carbocycles. The van der Waals surface area contributed by atoms with Gasteiger partial charge in [-0.15, -0.1) is 29.9 Å². The number of rotatable bonds is 6. The first-order chi connectivity index (χ1) is 12.7. The van der Waals surface area contributed by atoms with Gasteiger partial charge in [-0.1, -0.05) is 18.2 Å². The van der Waals surface area contributed by atoms with E-state index in [1.54, 1.807) is 11.0 Å². The molecule has 0 radical (unpaired) electrons. The Balaban J connectivity index is 0.00000196. The molecule has 2 aliphatic rings. The van der Waals surface area contributed by atoms with Crippen molar-refractivity contribution < 1.29 is 14.4 Å². The standard InChI is InChI=1S/C19H26N4O3.2ClH/c24-15-17(21-16-4-2-1-3-5-16)14-19(25)26-23-12-10-22(11-13-23)18-6-8-20-9-7-18;;/h1-5,18,20-21H,6-14H2;2*1H. The molecule has 0 spiro atoms. The van der Waals surface area contributed by atoms with Crippen LogP contribution in [0.3, 0.4) is 0 Å². The maximum atomic E-state index is 12.1. The highest BCUT2D eigenvalue weighted by Gasteiger charge is 2.26. The van der Waals surface area contributed by atoms with Crippen LogP contribution < -0.4 is 10.6 Å². The summed E-state index contributed by atoms with van der Waals surface area (Å²) in [6.07, 6.45) is 2.24. The summed E-state index contributed by atoms with van der Waals surface area (Å²) in [7, 11) is 0. The van der Waals surface area contributed by atoms with Crippen molar-refractivity contribution in [1.29, 1.82) is 0 Å². The van der Waals surface area contributed by atoms with E-state index in [1.165, 1.54) is 12.8 Å². The minimum atomic E-state index is -0.443. The second-order valence-electron chi connectivity index (χ2n) is 6.66. The van der Waals surface area contributed by atoms with Gasteiger partial charge in [0, 0.05) is 37.9 Å². The zero-order chi connectivity index (χ0) is 18.2. The quantitative estimate of drug-likeness (QED) is 0.667. The molecule has 0 unspecified atom stereocenters. The molecule has 1 aromatic rings. The molecule has 0 saturated carbocycles. The van der Waals surface area contributed by atoms with Crippen LogP contribution in [0.2, 0.25) is 0 Å². The van der Waals surface area contributed by atoms with Gasteiger partial charge in [0.15, 0.2) is 0 Å². The zero-order valence-electron chi connectivity index (χ0n) is 15.8. The van der Waals surface area contributed by atoms with E-state index in [2.05, 4.69) is 15.5 Å². The first-order valence-corrected chi connectivity index (χ1v) is 9.21. The Morgan fingerprint density at radius 1 is 1.11 bits per heavy atom. The number of carbonyl (C=O) groups excluding carboxylic acids is 2. The number of halogens is 2. The molecule has 1 aromatic carbocycles. The van der Waals surface area contributed by atoms with E-state index in [9.17, 15) is 9.59 Å². The fourth-order valence-electron chi connectivity index (χ4n) is 3.45. The summed E-state index contributed by atoms with van der Waals surface area (Å²) in [4.78, 5) is 31.1. The maximum Gasteiger partial charge on any atom is 0.331 e. The van der Waals surface area contributed by atoms with Crippen molar-refractivity contribution in [3.8, 4) is 0 Å². The van der Waals surface area contributed by atoms with E-state index in [1.807, 2.05) is 30.3 Å². The predicted molar refractivity (Wildman–Crippen MR) is 114 cm³/mol. The van der Waals surface area contributed by atoms with Crippen LogP contribution in [0.1, 0.15) is 19.3 Å². The first-order valence-electron chi connectivity index (χ1n) is 9.21. The molecular formula is C19H28Cl2N4O3. The van der Waals surface area contributed by atoms with Crippen LogP contribution in [0.5, 0.6) is 0 Å². The lowest BCUT2D eigenvalue weighted by Crippen LogP contribution is -2.52. The molecule has 2 saturated heterocycles. The number of nitrogens with one attached hydrogen (secondary N) is 2. The molecule has 9 heteroatoms. The van der Waals surface area contributed by atoms with Gasteiger partial charge in [0.1, 0.15) is 11.6 Å². The van der Waals surface area contributed by atoms with Crippen LogP contribution >= 0.6 is 24.8 Å². The number of hydrogen-bond donors (Lipinski definition) is 2. The third kappa shape index (κ3) is 7.43. The van der Waals surface area contributed by atoms with Gasteiger partial charge < -0.3 is 15.5 Å². The van der Waals surface area contributed by atoms with E-state index in [4.69, 9.17) is 4.84 Å². The SMILES string of the molecule is Cl.Cl.O=C=C(CC(=O)ON1CCN(C2CCNCC2)CC1)Nc1ccccc1. The monoisotopic (exact) mass is 430 g/mol. The zero-order valence-corrected chi connectivity index (χ0v) is 17.4. The molecular weight excluding hydrogens is 403 g/mol. The van der Waals surface area contributed by atoms with Crippen molar-refractivity contribution in [2.24, 2.45) is 0 Å². The molecule has 28 heavy (non-hydrogen) atoms. The molecule has 2 aliphatic heterocycles. The molecule has 2 heterocycles. The Morgan fingerprint density at radius 3 is 2.36 bits per heavy atom. The van der Waals surface area contributed by atoms with E-state index in [-0.39, 0.29) is 36.9 Å². The van der Waals surface area contributed by atoms with Gasteiger partial charge in [0.25, 0.3) is 0 Å². The summed E-state index contributed by atoms with van der Waals surface area (Å²) in [6.45, 7) is 5.35.